The second kappa shape index (κ2) is 4.91. The molecule has 2 aromatic rings. The summed E-state index contributed by atoms with van der Waals surface area (Å²) in [6.45, 7) is 4.06. The van der Waals surface area contributed by atoms with Crippen molar-refractivity contribution in [3.05, 3.63) is 47.5 Å². The van der Waals surface area contributed by atoms with Gasteiger partial charge in [-0.3, -0.25) is 0 Å². The Kier molecular flexibility index (Phi) is 3.32. The second-order valence-electron chi connectivity index (χ2n) is 4.05. The molecule has 0 bridgehead atoms. The minimum absolute atomic E-state index is 0.117. The molecule has 0 spiro atoms. The summed E-state index contributed by atoms with van der Waals surface area (Å²) in [4.78, 5) is 4.30. The van der Waals surface area contributed by atoms with Gasteiger partial charge in [0.1, 0.15) is 5.82 Å². The summed E-state index contributed by atoms with van der Waals surface area (Å²) in [6.07, 6.45) is 4.59. The van der Waals surface area contributed by atoms with Crippen molar-refractivity contribution in [2.24, 2.45) is 10.9 Å². The third-order valence-electron chi connectivity index (χ3n) is 2.89. The molecule has 1 heterocycles. The van der Waals surface area contributed by atoms with E-state index >= 15 is 0 Å². The van der Waals surface area contributed by atoms with Crippen LogP contribution in [0.15, 0.2) is 35.7 Å². The van der Waals surface area contributed by atoms with Gasteiger partial charge in [-0.1, -0.05) is 12.1 Å². The molecule has 0 unspecified atom stereocenters. The number of hydrogen-bond donors (Lipinski definition) is 2. The first-order valence-corrected chi connectivity index (χ1v) is 5.78. The molecule has 0 saturated heterocycles. The highest BCUT2D eigenvalue weighted by Crippen LogP contribution is 2.17. The first kappa shape index (κ1) is 12.2. The molecule has 3 N–H and O–H groups in total. The zero-order chi connectivity index (χ0) is 13.1. The van der Waals surface area contributed by atoms with Gasteiger partial charge in [-0.2, -0.15) is 0 Å². The quantitative estimate of drug-likeness (QED) is 0.374. The molecule has 0 fully saturated rings. The monoisotopic (exact) mass is 244 g/mol. The lowest BCUT2D eigenvalue weighted by atomic mass is 10.1. The molecule has 18 heavy (non-hydrogen) atoms. The number of benzene rings is 1. The van der Waals surface area contributed by atoms with E-state index in [2.05, 4.69) is 17.1 Å². The fourth-order valence-corrected chi connectivity index (χ4v) is 1.96. The van der Waals surface area contributed by atoms with Gasteiger partial charge in [0, 0.05) is 30.1 Å². The lowest BCUT2D eigenvalue weighted by Gasteiger charge is -2.11. The Labute approximate surface area is 106 Å². The van der Waals surface area contributed by atoms with Crippen molar-refractivity contribution in [3.8, 4) is 5.69 Å². The van der Waals surface area contributed by atoms with Crippen LogP contribution in [0, 0.1) is 6.92 Å². The van der Waals surface area contributed by atoms with Gasteiger partial charge in [-0.25, -0.2) is 4.98 Å². The van der Waals surface area contributed by atoms with Crippen LogP contribution < -0.4 is 5.73 Å². The Bertz CT molecular complexity index is 586. The molecule has 94 valence electrons. The van der Waals surface area contributed by atoms with E-state index in [1.807, 2.05) is 35.9 Å². The van der Waals surface area contributed by atoms with Crippen molar-refractivity contribution in [1.29, 1.82) is 0 Å². The standard InChI is InChI=1S/C13H16N4O/c1-3-12-15-6-7-17(12)11-5-4-10(8-9(11)2)13(14)16-18/h4-8,18H,3H2,1-2H3,(H2,14,16). The van der Waals surface area contributed by atoms with Crippen molar-refractivity contribution in [2.45, 2.75) is 20.3 Å². The molecule has 0 aliphatic rings. The number of aromatic nitrogens is 2. The Morgan fingerprint density at radius 2 is 2.28 bits per heavy atom. The summed E-state index contributed by atoms with van der Waals surface area (Å²) in [7, 11) is 0. The van der Waals surface area contributed by atoms with E-state index in [4.69, 9.17) is 10.9 Å². The van der Waals surface area contributed by atoms with E-state index in [9.17, 15) is 0 Å². The number of oxime groups is 1. The van der Waals surface area contributed by atoms with Crippen molar-refractivity contribution in [3.63, 3.8) is 0 Å². The maximum atomic E-state index is 8.66. The zero-order valence-electron chi connectivity index (χ0n) is 10.5. The van der Waals surface area contributed by atoms with Crippen LogP contribution in [0.1, 0.15) is 23.9 Å². The molecule has 0 atom stereocenters. The normalized spacial score (nSPS) is 11.8. The van der Waals surface area contributed by atoms with Gasteiger partial charge in [0.05, 0.1) is 0 Å². The SMILES string of the molecule is CCc1nccn1-c1ccc(/C(N)=N/O)cc1C. The summed E-state index contributed by atoms with van der Waals surface area (Å²) >= 11 is 0. The highest BCUT2D eigenvalue weighted by atomic mass is 16.4. The summed E-state index contributed by atoms with van der Waals surface area (Å²) in [6, 6.07) is 5.67. The van der Waals surface area contributed by atoms with Gasteiger partial charge in [0.15, 0.2) is 5.84 Å². The Morgan fingerprint density at radius 1 is 1.50 bits per heavy atom. The van der Waals surface area contributed by atoms with E-state index in [0.29, 0.717) is 5.56 Å². The lowest BCUT2D eigenvalue weighted by molar-refractivity contribution is 0.318. The average molecular weight is 244 g/mol. The molecule has 2 rings (SSSR count). The number of aryl methyl sites for hydroxylation is 2. The molecule has 0 aliphatic heterocycles. The summed E-state index contributed by atoms with van der Waals surface area (Å²) in [5.41, 5.74) is 8.38. The van der Waals surface area contributed by atoms with Gasteiger partial charge in [0.25, 0.3) is 0 Å². The van der Waals surface area contributed by atoms with E-state index in [0.717, 1.165) is 23.5 Å². The summed E-state index contributed by atoms with van der Waals surface area (Å²) < 4.78 is 2.05. The van der Waals surface area contributed by atoms with Crippen LogP contribution in [0.4, 0.5) is 0 Å². The van der Waals surface area contributed by atoms with Gasteiger partial charge < -0.3 is 15.5 Å². The summed E-state index contributed by atoms with van der Waals surface area (Å²) in [5.74, 6) is 1.13. The number of nitrogens with two attached hydrogens (primary N) is 1. The minimum atomic E-state index is 0.117. The van der Waals surface area contributed by atoms with Crippen LogP contribution in [0.2, 0.25) is 0 Å². The number of imidazole rings is 1. The minimum Gasteiger partial charge on any atom is -0.409 e. The number of amidine groups is 1. The number of rotatable bonds is 3. The smallest absolute Gasteiger partial charge is 0.170 e. The van der Waals surface area contributed by atoms with Crippen LogP contribution in [0.25, 0.3) is 5.69 Å². The van der Waals surface area contributed by atoms with Crippen molar-refractivity contribution >= 4 is 5.84 Å². The molecule has 1 aromatic heterocycles. The maximum absolute atomic E-state index is 8.66. The van der Waals surface area contributed by atoms with Crippen LogP contribution >= 0.6 is 0 Å². The van der Waals surface area contributed by atoms with Crippen LogP contribution in [-0.2, 0) is 6.42 Å². The molecule has 0 saturated carbocycles. The predicted octanol–water partition coefficient (Wildman–Crippen LogP) is 1.84. The first-order chi connectivity index (χ1) is 8.67. The molecule has 1 aromatic carbocycles. The molecule has 5 nitrogen and oxygen atoms in total. The largest absolute Gasteiger partial charge is 0.409 e. The van der Waals surface area contributed by atoms with Crippen LogP contribution in [0.5, 0.6) is 0 Å². The molecule has 0 radical (unpaired) electrons. The number of hydrogen-bond acceptors (Lipinski definition) is 3. The van der Waals surface area contributed by atoms with E-state index in [1.165, 1.54) is 0 Å². The fraction of sp³-hybridized carbons (Fsp3) is 0.231. The Morgan fingerprint density at radius 3 is 2.89 bits per heavy atom. The predicted molar refractivity (Wildman–Crippen MR) is 70.2 cm³/mol. The molecule has 0 aliphatic carbocycles. The highest BCUT2D eigenvalue weighted by molar-refractivity contribution is 5.97. The van der Waals surface area contributed by atoms with Gasteiger partial charge in [-0.05, 0) is 30.7 Å². The maximum Gasteiger partial charge on any atom is 0.170 e. The van der Waals surface area contributed by atoms with Crippen molar-refractivity contribution in [2.75, 3.05) is 0 Å². The third kappa shape index (κ3) is 2.07. The van der Waals surface area contributed by atoms with Gasteiger partial charge >= 0.3 is 0 Å². The van der Waals surface area contributed by atoms with Crippen molar-refractivity contribution < 1.29 is 5.21 Å². The summed E-state index contributed by atoms with van der Waals surface area (Å²) in [5, 5.41) is 11.7. The first-order valence-electron chi connectivity index (χ1n) is 5.78. The van der Waals surface area contributed by atoms with Gasteiger partial charge in [-0.15, -0.1) is 0 Å². The van der Waals surface area contributed by atoms with Crippen LogP contribution in [0.3, 0.4) is 0 Å². The highest BCUT2D eigenvalue weighted by Gasteiger charge is 2.08. The average Bonchev–Trinajstić information content (AvgIpc) is 2.85. The lowest BCUT2D eigenvalue weighted by Crippen LogP contribution is -2.13. The molecular formula is C13H16N4O. The third-order valence-corrected chi connectivity index (χ3v) is 2.89. The van der Waals surface area contributed by atoms with E-state index < -0.39 is 0 Å². The molecule has 0 amide bonds. The Balaban J connectivity index is 2.48. The molecule has 5 heteroatoms. The topological polar surface area (TPSA) is 76.4 Å². The second-order valence-corrected chi connectivity index (χ2v) is 4.05. The number of nitrogens with zero attached hydrogens (tertiary/aromatic N) is 3. The van der Waals surface area contributed by atoms with Crippen molar-refractivity contribution in [1.82, 2.24) is 9.55 Å². The van der Waals surface area contributed by atoms with Gasteiger partial charge in [0.2, 0.25) is 0 Å². The Hall–Kier alpha value is -2.30. The fourth-order valence-electron chi connectivity index (χ4n) is 1.96. The van der Waals surface area contributed by atoms with E-state index in [1.54, 1.807) is 6.20 Å². The van der Waals surface area contributed by atoms with E-state index in [-0.39, 0.29) is 5.84 Å². The molecular weight excluding hydrogens is 228 g/mol. The van der Waals surface area contributed by atoms with Crippen LogP contribution in [-0.4, -0.2) is 20.6 Å². The zero-order valence-corrected chi connectivity index (χ0v) is 10.5.